The molecular formula is C28H46O3. The zero-order valence-corrected chi connectivity index (χ0v) is 20.8. The van der Waals surface area contributed by atoms with E-state index in [-0.39, 0.29) is 0 Å². The Morgan fingerprint density at radius 3 is 2.52 bits per heavy atom. The monoisotopic (exact) mass is 430 g/mol. The van der Waals surface area contributed by atoms with Crippen LogP contribution in [0.5, 0.6) is 0 Å². The summed E-state index contributed by atoms with van der Waals surface area (Å²) in [5.41, 5.74) is 1.79. The van der Waals surface area contributed by atoms with E-state index in [1.807, 2.05) is 7.11 Å². The summed E-state index contributed by atoms with van der Waals surface area (Å²) >= 11 is 0. The number of fused-ring (bicyclic) bond motifs is 4. The zero-order valence-electron chi connectivity index (χ0n) is 20.8. The van der Waals surface area contributed by atoms with Crippen LogP contribution in [-0.4, -0.2) is 35.1 Å². The molecule has 31 heavy (non-hydrogen) atoms. The lowest BCUT2D eigenvalue weighted by atomic mass is 9.45. The Hall–Kier alpha value is -0.380. The fourth-order valence-electron chi connectivity index (χ4n) is 10.1. The summed E-state index contributed by atoms with van der Waals surface area (Å²) in [7, 11) is 1.98. The van der Waals surface area contributed by atoms with Gasteiger partial charge in [0.2, 0.25) is 0 Å². The van der Waals surface area contributed by atoms with Gasteiger partial charge in [0.25, 0.3) is 0 Å². The highest BCUT2D eigenvalue weighted by Gasteiger charge is 2.77. The number of allylic oxidation sites excluding steroid dienone is 1. The molecule has 0 aromatic rings. The average Bonchev–Trinajstić information content (AvgIpc) is 3.21. The van der Waals surface area contributed by atoms with Crippen LogP contribution < -0.4 is 0 Å². The van der Waals surface area contributed by atoms with Gasteiger partial charge in [-0.3, -0.25) is 0 Å². The van der Waals surface area contributed by atoms with Gasteiger partial charge >= 0.3 is 0 Å². The van der Waals surface area contributed by atoms with Crippen molar-refractivity contribution >= 4 is 0 Å². The molecule has 5 aliphatic rings. The number of hydrogen-bond donors (Lipinski definition) is 2. The van der Waals surface area contributed by atoms with E-state index in [0.717, 1.165) is 23.7 Å². The summed E-state index contributed by atoms with van der Waals surface area (Å²) in [5, 5.41) is 20.4. The summed E-state index contributed by atoms with van der Waals surface area (Å²) in [6, 6.07) is 0. The van der Waals surface area contributed by atoms with E-state index in [4.69, 9.17) is 4.74 Å². The van der Waals surface area contributed by atoms with Crippen molar-refractivity contribution in [3.63, 3.8) is 0 Å². The van der Waals surface area contributed by atoms with E-state index in [1.165, 1.54) is 56.9 Å². The number of aliphatic hydroxyl groups is 2. The van der Waals surface area contributed by atoms with Crippen molar-refractivity contribution in [3.8, 4) is 0 Å². The number of hydrogen-bond acceptors (Lipinski definition) is 3. The molecule has 0 aromatic carbocycles. The molecule has 5 aliphatic carbocycles. The molecule has 5 saturated carbocycles. The van der Waals surface area contributed by atoms with Gasteiger partial charge < -0.3 is 14.9 Å². The van der Waals surface area contributed by atoms with E-state index in [2.05, 4.69) is 26.8 Å². The molecule has 0 radical (unpaired) electrons. The first kappa shape index (κ1) is 22.4. The highest BCUT2D eigenvalue weighted by Crippen LogP contribution is 2.82. The topological polar surface area (TPSA) is 49.7 Å². The van der Waals surface area contributed by atoms with Crippen LogP contribution in [0, 0.1) is 45.8 Å². The predicted molar refractivity (Wildman–Crippen MR) is 125 cm³/mol. The van der Waals surface area contributed by atoms with Crippen molar-refractivity contribution < 1.29 is 14.9 Å². The van der Waals surface area contributed by atoms with Crippen molar-refractivity contribution in [1.29, 1.82) is 0 Å². The number of methoxy groups -OCH3 is 1. The molecular weight excluding hydrogens is 384 g/mol. The fourth-order valence-corrected chi connectivity index (χ4v) is 10.1. The third-order valence-electron chi connectivity index (χ3n) is 11.9. The van der Waals surface area contributed by atoms with Gasteiger partial charge in [0, 0.05) is 12.5 Å². The Morgan fingerprint density at radius 2 is 1.87 bits per heavy atom. The molecule has 5 rings (SSSR count). The summed E-state index contributed by atoms with van der Waals surface area (Å²) in [6.45, 7) is 10.9. The van der Waals surface area contributed by atoms with Gasteiger partial charge in [0.15, 0.2) is 0 Å². The largest absolute Gasteiger partial charge is 0.390 e. The van der Waals surface area contributed by atoms with Crippen LogP contribution >= 0.6 is 0 Å². The second-order valence-corrected chi connectivity index (χ2v) is 13.3. The molecule has 0 bridgehead atoms. The van der Waals surface area contributed by atoms with Gasteiger partial charge in [-0.1, -0.05) is 25.5 Å². The Morgan fingerprint density at radius 1 is 1.13 bits per heavy atom. The highest BCUT2D eigenvalue weighted by atomic mass is 16.5. The van der Waals surface area contributed by atoms with E-state index < -0.39 is 11.7 Å². The first-order valence-corrected chi connectivity index (χ1v) is 13.1. The molecule has 10 atom stereocenters. The highest BCUT2D eigenvalue weighted by molar-refractivity contribution is 5.27. The minimum atomic E-state index is -1.04. The minimum Gasteiger partial charge on any atom is -0.390 e. The SMILES string of the molecule is CO[C@@H]1C[C@H]2[C@@H]3CC[C@H](/C(C)=C/C[C@H](O)C(C)(C)O)[C@@]3(C)CC[C@@H]2[C@@]2(C)CC[C@@H]3C[C@]312. The molecule has 1 spiro atoms. The number of rotatable bonds is 5. The van der Waals surface area contributed by atoms with Crippen LogP contribution in [0.1, 0.15) is 92.4 Å². The van der Waals surface area contributed by atoms with Gasteiger partial charge in [0.1, 0.15) is 0 Å². The van der Waals surface area contributed by atoms with Crippen LogP contribution in [0.4, 0.5) is 0 Å². The lowest BCUT2D eigenvalue weighted by Gasteiger charge is -2.60. The Labute approximate surface area is 190 Å². The first-order chi connectivity index (χ1) is 14.5. The summed E-state index contributed by atoms with van der Waals surface area (Å²) < 4.78 is 6.25. The van der Waals surface area contributed by atoms with Gasteiger partial charge in [-0.2, -0.15) is 0 Å². The summed E-state index contributed by atoms with van der Waals surface area (Å²) in [6.07, 6.45) is 13.5. The predicted octanol–water partition coefficient (Wildman–Crippen LogP) is 5.74. The van der Waals surface area contributed by atoms with Crippen LogP contribution in [0.15, 0.2) is 11.6 Å². The molecule has 0 aliphatic heterocycles. The van der Waals surface area contributed by atoms with Crippen LogP contribution in [0.25, 0.3) is 0 Å². The Kier molecular flexibility index (Phi) is 5.10. The minimum absolute atomic E-state index is 0.377. The van der Waals surface area contributed by atoms with E-state index >= 15 is 0 Å². The van der Waals surface area contributed by atoms with Gasteiger partial charge in [0.05, 0.1) is 17.8 Å². The third-order valence-corrected chi connectivity index (χ3v) is 11.9. The smallest absolute Gasteiger partial charge is 0.0856 e. The van der Waals surface area contributed by atoms with Crippen molar-refractivity contribution in [2.75, 3.05) is 7.11 Å². The van der Waals surface area contributed by atoms with E-state index in [1.54, 1.807) is 13.8 Å². The molecule has 5 fully saturated rings. The molecule has 0 aromatic heterocycles. The number of aliphatic hydroxyl groups excluding tert-OH is 1. The van der Waals surface area contributed by atoms with Crippen LogP contribution in [-0.2, 0) is 4.74 Å². The average molecular weight is 431 g/mol. The molecule has 0 amide bonds. The molecule has 3 heteroatoms. The zero-order chi connectivity index (χ0) is 22.4. The Balaban J connectivity index is 1.38. The number of ether oxygens (including phenoxy) is 1. The maximum atomic E-state index is 10.3. The molecule has 2 N–H and O–H groups in total. The Bertz CT molecular complexity index is 752. The first-order valence-electron chi connectivity index (χ1n) is 13.1. The van der Waals surface area contributed by atoms with Crippen molar-refractivity contribution in [2.24, 2.45) is 45.8 Å². The van der Waals surface area contributed by atoms with Crippen LogP contribution in [0.3, 0.4) is 0 Å². The van der Waals surface area contributed by atoms with E-state index in [0.29, 0.717) is 34.7 Å². The second-order valence-electron chi connectivity index (χ2n) is 13.3. The standard InChI is InChI=1S/C28H46O3/c1-17(7-10-23(29)25(2,3)30)20-8-9-21-19-15-24(31-6)28-16-18(28)11-14-27(28,5)22(19)12-13-26(20,21)4/h7,18-24,29-30H,8-16H2,1-6H3/b17-7+/t18-,19+,20-,21+,22+,23+,24-,26-,27-,28+/m1/s1. The molecule has 0 heterocycles. The van der Waals surface area contributed by atoms with Gasteiger partial charge in [-0.15, -0.1) is 0 Å². The third kappa shape index (κ3) is 2.94. The lowest BCUT2D eigenvalue weighted by molar-refractivity contribution is -0.158. The molecule has 3 nitrogen and oxygen atoms in total. The van der Waals surface area contributed by atoms with Gasteiger partial charge in [-0.05, 0) is 119 Å². The van der Waals surface area contributed by atoms with Crippen molar-refractivity contribution in [3.05, 3.63) is 11.6 Å². The molecule has 176 valence electrons. The lowest BCUT2D eigenvalue weighted by Crippen LogP contribution is -2.56. The maximum absolute atomic E-state index is 10.3. The summed E-state index contributed by atoms with van der Waals surface area (Å²) in [5.74, 6) is 4.08. The molecule has 0 unspecified atom stereocenters. The van der Waals surface area contributed by atoms with Crippen molar-refractivity contribution in [2.45, 2.75) is 110 Å². The normalized spacial score (nSPS) is 52.2. The fraction of sp³-hybridized carbons (Fsp3) is 0.929. The van der Waals surface area contributed by atoms with Crippen LogP contribution in [0.2, 0.25) is 0 Å². The summed E-state index contributed by atoms with van der Waals surface area (Å²) in [4.78, 5) is 0. The second kappa shape index (κ2) is 7.06. The van der Waals surface area contributed by atoms with Gasteiger partial charge in [-0.25, -0.2) is 0 Å². The van der Waals surface area contributed by atoms with Crippen molar-refractivity contribution in [1.82, 2.24) is 0 Å². The molecule has 0 saturated heterocycles. The quantitative estimate of drug-likeness (QED) is 0.547. The van der Waals surface area contributed by atoms with E-state index in [9.17, 15) is 10.2 Å². The maximum Gasteiger partial charge on any atom is 0.0856 e.